The fraction of sp³-hybridized carbons (Fsp3) is 0.300. The molecule has 2 rings (SSSR count). The summed E-state index contributed by atoms with van der Waals surface area (Å²) in [5.74, 6) is 0.176. The van der Waals surface area contributed by atoms with E-state index in [1.54, 1.807) is 18.2 Å². The summed E-state index contributed by atoms with van der Waals surface area (Å²) in [7, 11) is 1.52. The van der Waals surface area contributed by atoms with Crippen LogP contribution in [-0.4, -0.2) is 19.1 Å². The van der Waals surface area contributed by atoms with E-state index in [9.17, 15) is 9.18 Å². The van der Waals surface area contributed by atoms with Gasteiger partial charge in [0.05, 0.1) is 7.11 Å². The topological polar surface area (TPSA) is 26.3 Å². The normalized spacial score (nSPS) is 20.2. The van der Waals surface area contributed by atoms with Crippen LogP contribution in [0.5, 0.6) is 5.75 Å². The standard InChI is InChI=1S/C10H9FO2/c1-13-7-3-2-6-4-9(11)10(12)8(6)5-7/h2-3,5,9H,4H2,1H3/t9-/m0/s1. The highest BCUT2D eigenvalue weighted by atomic mass is 19.1. The van der Waals surface area contributed by atoms with E-state index in [1.165, 1.54) is 7.11 Å². The molecule has 0 saturated heterocycles. The Morgan fingerprint density at radius 1 is 1.54 bits per heavy atom. The molecule has 3 heteroatoms. The maximum absolute atomic E-state index is 13.0. The van der Waals surface area contributed by atoms with Crippen molar-refractivity contribution in [2.24, 2.45) is 0 Å². The van der Waals surface area contributed by atoms with Crippen molar-refractivity contribution in [2.75, 3.05) is 7.11 Å². The van der Waals surface area contributed by atoms with Crippen molar-refractivity contribution in [3.05, 3.63) is 29.3 Å². The van der Waals surface area contributed by atoms with Gasteiger partial charge in [-0.3, -0.25) is 4.79 Å². The molecule has 1 aromatic rings. The van der Waals surface area contributed by atoms with Crippen molar-refractivity contribution in [3.63, 3.8) is 0 Å². The minimum Gasteiger partial charge on any atom is -0.497 e. The van der Waals surface area contributed by atoms with Gasteiger partial charge < -0.3 is 4.74 Å². The first kappa shape index (κ1) is 8.23. The molecular weight excluding hydrogens is 171 g/mol. The second-order valence-electron chi connectivity index (χ2n) is 3.06. The van der Waals surface area contributed by atoms with Gasteiger partial charge in [0.1, 0.15) is 5.75 Å². The summed E-state index contributed by atoms with van der Waals surface area (Å²) in [6, 6.07) is 5.08. The molecule has 0 N–H and O–H groups in total. The number of hydrogen-bond acceptors (Lipinski definition) is 2. The molecule has 2 nitrogen and oxygen atoms in total. The minimum atomic E-state index is -1.36. The van der Waals surface area contributed by atoms with Crippen LogP contribution < -0.4 is 4.74 Å². The summed E-state index contributed by atoms with van der Waals surface area (Å²) < 4.78 is 17.9. The van der Waals surface area contributed by atoms with Crippen molar-refractivity contribution < 1.29 is 13.9 Å². The van der Waals surface area contributed by atoms with Gasteiger partial charge in [-0.25, -0.2) is 4.39 Å². The van der Waals surface area contributed by atoms with E-state index in [4.69, 9.17) is 4.74 Å². The molecule has 0 heterocycles. The number of ether oxygens (including phenoxy) is 1. The smallest absolute Gasteiger partial charge is 0.197 e. The first-order chi connectivity index (χ1) is 6.22. The summed E-state index contributed by atoms with van der Waals surface area (Å²) in [5, 5.41) is 0. The number of halogens is 1. The third-order valence-corrected chi connectivity index (χ3v) is 2.27. The highest BCUT2D eigenvalue weighted by Gasteiger charge is 2.30. The SMILES string of the molecule is COc1ccc2c(c1)C(=O)[C@@H](F)C2. The van der Waals surface area contributed by atoms with Crippen LogP contribution in [0.1, 0.15) is 15.9 Å². The molecule has 68 valence electrons. The number of Topliss-reactive ketones (excluding diaryl/α,β-unsaturated/α-hetero) is 1. The molecule has 0 spiro atoms. The zero-order chi connectivity index (χ0) is 9.42. The average molecular weight is 180 g/mol. The number of methoxy groups -OCH3 is 1. The Labute approximate surface area is 75.3 Å². The average Bonchev–Trinajstić information content (AvgIpc) is 2.43. The Balaban J connectivity index is 2.48. The number of benzene rings is 1. The zero-order valence-corrected chi connectivity index (χ0v) is 7.21. The molecular formula is C10H9FO2. The molecule has 0 amide bonds. The number of hydrogen-bond donors (Lipinski definition) is 0. The molecule has 1 aliphatic rings. The lowest BCUT2D eigenvalue weighted by atomic mass is 10.1. The van der Waals surface area contributed by atoms with Crippen LogP contribution in [0.25, 0.3) is 0 Å². The third kappa shape index (κ3) is 1.20. The quantitative estimate of drug-likeness (QED) is 0.658. The molecule has 0 fully saturated rings. The van der Waals surface area contributed by atoms with Gasteiger partial charge in [-0.05, 0) is 17.7 Å². The molecule has 0 radical (unpaired) electrons. The predicted octanol–water partition coefficient (Wildman–Crippen LogP) is 1.77. The third-order valence-electron chi connectivity index (χ3n) is 2.27. The van der Waals surface area contributed by atoms with Crippen LogP contribution in [-0.2, 0) is 6.42 Å². The van der Waals surface area contributed by atoms with Gasteiger partial charge in [0.2, 0.25) is 0 Å². The molecule has 0 aromatic heterocycles. The van der Waals surface area contributed by atoms with Crippen molar-refractivity contribution in [1.29, 1.82) is 0 Å². The van der Waals surface area contributed by atoms with Crippen LogP contribution in [0.3, 0.4) is 0 Å². The summed E-state index contributed by atoms with van der Waals surface area (Å²) in [6.45, 7) is 0. The minimum absolute atomic E-state index is 0.207. The lowest BCUT2D eigenvalue weighted by molar-refractivity contribution is 0.0899. The lowest BCUT2D eigenvalue weighted by Crippen LogP contribution is -2.08. The maximum Gasteiger partial charge on any atom is 0.197 e. The van der Waals surface area contributed by atoms with E-state index in [0.717, 1.165) is 5.56 Å². The summed E-state index contributed by atoms with van der Waals surface area (Å²) in [5.41, 5.74) is 1.24. The van der Waals surface area contributed by atoms with Gasteiger partial charge in [0.15, 0.2) is 12.0 Å². The van der Waals surface area contributed by atoms with E-state index in [0.29, 0.717) is 11.3 Å². The number of ketones is 1. The number of carbonyl (C=O) groups excluding carboxylic acids is 1. The van der Waals surface area contributed by atoms with Crippen molar-refractivity contribution in [1.82, 2.24) is 0 Å². The Kier molecular flexibility index (Phi) is 1.79. The maximum atomic E-state index is 13.0. The first-order valence-electron chi connectivity index (χ1n) is 4.07. The Hall–Kier alpha value is -1.38. The summed E-state index contributed by atoms with van der Waals surface area (Å²) >= 11 is 0. The van der Waals surface area contributed by atoms with E-state index >= 15 is 0 Å². The Morgan fingerprint density at radius 3 is 3.00 bits per heavy atom. The van der Waals surface area contributed by atoms with Crippen LogP contribution in [0, 0.1) is 0 Å². The van der Waals surface area contributed by atoms with Gasteiger partial charge in [0.25, 0.3) is 0 Å². The van der Waals surface area contributed by atoms with Crippen molar-refractivity contribution >= 4 is 5.78 Å². The summed E-state index contributed by atoms with van der Waals surface area (Å²) in [4.78, 5) is 11.2. The number of carbonyl (C=O) groups is 1. The van der Waals surface area contributed by atoms with Gasteiger partial charge in [-0.2, -0.15) is 0 Å². The highest BCUT2D eigenvalue weighted by molar-refractivity contribution is 6.04. The fourth-order valence-corrected chi connectivity index (χ4v) is 1.54. The molecule has 0 saturated carbocycles. The molecule has 1 aromatic carbocycles. The van der Waals surface area contributed by atoms with E-state index < -0.39 is 12.0 Å². The largest absolute Gasteiger partial charge is 0.497 e. The Bertz CT molecular complexity index is 360. The number of alkyl halides is 1. The van der Waals surface area contributed by atoms with Crippen LogP contribution in [0.2, 0.25) is 0 Å². The zero-order valence-electron chi connectivity index (χ0n) is 7.21. The molecule has 13 heavy (non-hydrogen) atoms. The van der Waals surface area contributed by atoms with Crippen molar-refractivity contribution in [2.45, 2.75) is 12.6 Å². The Morgan fingerprint density at radius 2 is 2.31 bits per heavy atom. The first-order valence-corrected chi connectivity index (χ1v) is 4.07. The van der Waals surface area contributed by atoms with Gasteiger partial charge >= 0.3 is 0 Å². The van der Waals surface area contributed by atoms with E-state index in [-0.39, 0.29) is 6.42 Å². The van der Waals surface area contributed by atoms with E-state index in [1.807, 2.05) is 0 Å². The predicted molar refractivity (Wildman–Crippen MR) is 45.9 cm³/mol. The molecule has 0 unspecified atom stereocenters. The fourth-order valence-electron chi connectivity index (χ4n) is 1.54. The summed E-state index contributed by atoms with van der Waals surface area (Å²) in [6.07, 6.45) is -1.15. The van der Waals surface area contributed by atoms with Crippen LogP contribution >= 0.6 is 0 Å². The van der Waals surface area contributed by atoms with Gasteiger partial charge in [-0.15, -0.1) is 0 Å². The molecule has 0 bridgehead atoms. The highest BCUT2D eigenvalue weighted by Crippen LogP contribution is 2.27. The molecule has 0 aliphatic heterocycles. The number of fused-ring (bicyclic) bond motifs is 1. The molecule has 1 atom stereocenters. The lowest BCUT2D eigenvalue weighted by Gasteiger charge is -2.01. The molecule has 1 aliphatic carbocycles. The second kappa shape index (κ2) is 2.83. The number of rotatable bonds is 1. The second-order valence-corrected chi connectivity index (χ2v) is 3.06. The van der Waals surface area contributed by atoms with Crippen LogP contribution in [0.15, 0.2) is 18.2 Å². The van der Waals surface area contributed by atoms with Gasteiger partial charge in [-0.1, -0.05) is 6.07 Å². The van der Waals surface area contributed by atoms with Crippen LogP contribution in [0.4, 0.5) is 4.39 Å². The van der Waals surface area contributed by atoms with E-state index in [2.05, 4.69) is 0 Å². The monoisotopic (exact) mass is 180 g/mol. The van der Waals surface area contributed by atoms with Gasteiger partial charge in [0, 0.05) is 12.0 Å². The van der Waals surface area contributed by atoms with Crippen molar-refractivity contribution in [3.8, 4) is 5.75 Å².